The summed E-state index contributed by atoms with van der Waals surface area (Å²) in [5.74, 6) is 3.48. The zero-order valence-corrected chi connectivity index (χ0v) is 13.4. The first-order chi connectivity index (χ1) is 9.81. The van der Waals surface area contributed by atoms with Crippen LogP contribution in [0.15, 0.2) is 12.2 Å². The molecule has 0 heterocycles. The maximum atomic E-state index is 9.19. The first-order valence-corrected chi connectivity index (χ1v) is 9.09. The van der Waals surface area contributed by atoms with Gasteiger partial charge in [0.05, 0.1) is 0 Å². The van der Waals surface area contributed by atoms with Gasteiger partial charge in [0, 0.05) is 6.61 Å². The molecular weight excluding hydrogens is 244 g/mol. The summed E-state index contributed by atoms with van der Waals surface area (Å²) in [7, 11) is 0. The maximum absolute atomic E-state index is 9.19. The van der Waals surface area contributed by atoms with Gasteiger partial charge in [-0.05, 0) is 68.6 Å². The largest absolute Gasteiger partial charge is 0.396 e. The van der Waals surface area contributed by atoms with E-state index >= 15 is 0 Å². The second-order valence-corrected chi connectivity index (χ2v) is 7.26. The third-order valence-electron chi connectivity index (χ3n) is 5.74. The summed E-state index contributed by atoms with van der Waals surface area (Å²) in [5, 5.41) is 9.19. The monoisotopic (exact) mass is 278 g/mol. The van der Waals surface area contributed by atoms with E-state index in [9.17, 15) is 5.11 Å². The second-order valence-electron chi connectivity index (χ2n) is 7.26. The molecule has 0 aromatic heterocycles. The van der Waals surface area contributed by atoms with Crippen LogP contribution in [0.3, 0.4) is 0 Å². The molecule has 1 heteroatoms. The second kappa shape index (κ2) is 8.87. The van der Waals surface area contributed by atoms with E-state index in [2.05, 4.69) is 19.1 Å². The number of rotatable bonds is 6. The highest BCUT2D eigenvalue weighted by atomic mass is 16.3. The lowest BCUT2D eigenvalue weighted by Crippen LogP contribution is -2.19. The van der Waals surface area contributed by atoms with Crippen LogP contribution in [0.25, 0.3) is 0 Å². The fourth-order valence-corrected chi connectivity index (χ4v) is 4.17. The molecule has 0 unspecified atom stereocenters. The Morgan fingerprint density at radius 1 is 0.800 bits per heavy atom. The van der Waals surface area contributed by atoms with Gasteiger partial charge in [0.1, 0.15) is 0 Å². The van der Waals surface area contributed by atoms with Crippen LogP contribution in [0, 0.1) is 23.7 Å². The van der Waals surface area contributed by atoms with Crippen molar-refractivity contribution >= 4 is 0 Å². The molecule has 2 rings (SSSR count). The summed E-state index contributed by atoms with van der Waals surface area (Å²) < 4.78 is 0. The van der Waals surface area contributed by atoms with Gasteiger partial charge in [0.25, 0.3) is 0 Å². The minimum atomic E-state index is 0.419. The summed E-state index contributed by atoms with van der Waals surface area (Å²) in [4.78, 5) is 0. The van der Waals surface area contributed by atoms with Crippen molar-refractivity contribution in [3.63, 3.8) is 0 Å². The van der Waals surface area contributed by atoms with Gasteiger partial charge in [-0.15, -0.1) is 0 Å². The van der Waals surface area contributed by atoms with Crippen LogP contribution in [0.1, 0.15) is 77.6 Å². The molecule has 2 fully saturated rings. The highest BCUT2D eigenvalue weighted by Gasteiger charge is 2.23. The van der Waals surface area contributed by atoms with Crippen molar-refractivity contribution in [1.82, 2.24) is 0 Å². The van der Waals surface area contributed by atoms with E-state index in [4.69, 9.17) is 0 Å². The minimum Gasteiger partial charge on any atom is -0.396 e. The average molecular weight is 278 g/mol. The molecule has 1 N–H and O–H groups in total. The molecule has 0 aliphatic heterocycles. The number of aliphatic hydroxyl groups excluding tert-OH is 1. The first kappa shape index (κ1) is 16.1. The molecule has 0 aromatic rings. The quantitative estimate of drug-likeness (QED) is 0.650. The van der Waals surface area contributed by atoms with Crippen molar-refractivity contribution in [2.75, 3.05) is 6.61 Å². The van der Waals surface area contributed by atoms with Crippen molar-refractivity contribution in [2.24, 2.45) is 23.7 Å². The SMILES string of the molecule is CC/C=C/C1CCC(CCC2CCC(CO)CC2)CC1. The Balaban J connectivity index is 1.58. The van der Waals surface area contributed by atoms with E-state index in [0.717, 1.165) is 17.8 Å². The molecule has 2 aliphatic carbocycles. The lowest BCUT2D eigenvalue weighted by atomic mass is 9.75. The zero-order chi connectivity index (χ0) is 14.2. The molecule has 0 amide bonds. The van der Waals surface area contributed by atoms with Crippen molar-refractivity contribution in [2.45, 2.75) is 77.6 Å². The summed E-state index contributed by atoms with van der Waals surface area (Å²) >= 11 is 0. The molecule has 1 nitrogen and oxygen atoms in total. The van der Waals surface area contributed by atoms with E-state index in [1.165, 1.54) is 70.6 Å². The molecule has 0 radical (unpaired) electrons. The summed E-state index contributed by atoms with van der Waals surface area (Å²) in [6.45, 7) is 2.65. The molecule has 20 heavy (non-hydrogen) atoms. The van der Waals surface area contributed by atoms with Crippen molar-refractivity contribution in [1.29, 1.82) is 0 Å². The van der Waals surface area contributed by atoms with Crippen molar-refractivity contribution in [3.05, 3.63) is 12.2 Å². The van der Waals surface area contributed by atoms with Crippen LogP contribution in [0.2, 0.25) is 0 Å². The lowest BCUT2D eigenvalue weighted by Gasteiger charge is -2.31. The fraction of sp³-hybridized carbons (Fsp3) is 0.895. The van der Waals surface area contributed by atoms with Crippen LogP contribution in [-0.2, 0) is 0 Å². The van der Waals surface area contributed by atoms with Gasteiger partial charge in [-0.2, -0.15) is 0 Å². The summed E-state index contributed by atoms with van der Waals surface area (Å²) in [6.07, 6.45) is 20.0. The van der Waals surface area contributed by atoms with E-state index < -0.39 is 0 Å². The normalized spacial score (nSPS) is 35.5. The van der Waals surface area contributed by atoms with E-state index in [1.54, 1.807) is 0 Å². The number of hydrogen-bond acceptors (Lipinski definition) is 1. The van der Waals surface area contributed by atoms with Gasteiger partial charge in [-0.25, -0.2) is 0 Å². The fourth-order valence-electron chi connectivity index (χ4n) is 4.17. The topological polar surface area (TPSA) is 20.2 Å². The van der Waals surface area contributed by atoms with Crippen LogP contribution in [0.4, 0.5) is 0 Å². The number of hydrogen-bond donors (Lipinski definition) is 1. The molecule has 2 aliphatic rings. The molecule has 0 spiro atoms. The van der Waals surface area contributed by atoms with E-state index in [0.29, 0.717) is 12.5 Å². The Morgan fingerprint density at radius 3 is 1.80 bits per heavy atom. The first-order valence-electron chi connectivity index (χ1n) is 9.09. The maximum Gasteiger partial charge on any atom is 0.0459 e. The third kappa shape index (κ3) is 5.24. The molecule has 0 saturated heterocycles. The van der Waals surface area contributed by atoms with Crippen LogP contribution < -0.4 is 0 Å². The van der Waals surface area contributed by atoms with Gasteiger partial charge in [0.2, 0.25) is 0 Å². The van der Waals surface area contributed by atoms with Crippen LogP contribution >= 0.6 is 0 Å². The number of allylic oxidation sites excluding steroid dienone is 2. The Morgan fingerprint density at radius 2 is 1.30 bits per heavy atom. The Kier molecular flexibility index (Phi) is 7.13. The molecule has 2 saturated carbocycles. The third-order valence-corrected chi connectivity index (χ3v) is 5.74. The van der Waals surface area contributed by atoms with Crippen LogP contribution in [0.5, 0.6) is 0 Å². The summed E-state index contributed by atoms with van der Waals surface area (Å²) in [5.41, 5.74) is 0. The Labute approximate surface area is 125 Å². The highest BCUT2D eigenvalue weighted by molar-refractivity contribution is 4.90. The van der Waals surface area contributed by atoms with E-state index in [1.807, 2.05) is 0 Å². The average Bonchev–Trinajstić information content (AvgIpc) is 2.52. The van der Waals surface area contributed by atoms with E-state index in [-0.39, 0.29) is 0 Å². The molecule has 0 atom stereocenters. The van der Waals surface area contributed by atoms with Gasteiger partial charge >= 0.3 is 0 Å². The van der Waals surface area contributed by atoms with Crippen LogP contribution in [-0.4, -0.2) is 11.7 Å². The van der Waals surface area contributed by atoms with Gasteiger partial charge < -0.3 is 5.11 Å². The van der Waals surface area contributed by atoms with Gasteiger partial charge in [-0.1, -0.05) is 44.8 Å². The Hall–Kier alpha value is -0.300. The lowest BCUT2D eigenvalue weighted by molar-refractivity contribution is 0.158. The molecule has 116 valence electrons. The highest BCUT2D eigenvalue weighted by Crippen LogP contribution is 2.36. The standard InChI is InChI=1S/C19H34O/c1-2-3-4-16-5-7-17(8-6-16)9-10-18-11-13-19(15-20)14-12-18/h3-4,16-20H,2,5-15H2,1H3/b4-3+. The number of aliphatic hydroxyl groups is 1. The van der Waals surface area contributed by atoms with Gasteiger partial charge in [0.15, 0.2) is 0 Å². The molecule has 0 bridgehead atoms. The van der Waals surface area contributed by atoms with Gasteiger partial charge in [-0.3, -0.25) is 0 Å². The zero-order valence-electron chi connectivity index (χ0n) is 13.4. The summed E-state index contributed by atoms with van der Waals surface area (Å²) in [6, 6.07) is 0. The predicted molar refractivity (Wildman–Crippen MR) is 86.6 cm³/mol. The van der Waals surface area contributed by atoms with Crippen molar-refractivity contribution in [3.8, 4) is 0 Å². The molecular formula is C19H34O. The Bertz CT molecular complexity index is 267. The van der Waals surface area contributed by atoms with Crippen molar-refractivity contribution < 1.29 is 5.11 Å². The predicted octanol–water partition coefficient (Wildman–Crippen LogP) is 5.34. The smallest absolute Gasteiger partial charge is 0.0459 e. The minimum absolute atomic E-state index is 0.419. The molecule has 0 aromatic carbocycles.